The maximum Gasteiger partial charge on any atom is 0.265 e. The first kappa shape index (κ1) is 15.2. The molecule has 0 atom stereocenters. The third kappa shape index (κ3) is 3.57. The minimum Gasteiger partial charge on any atom is -0.340 e. The summed E-state index contributed by atoms with van der Waals surface area (Å²) in [6.45, 7) is 4.12. The summed E-state index contributed by atoms with van der Waals surface area (Å²) in [5.41, 5.74) is 4.08. The molecular formula is C18H17N3OS. The van der Waals surface area contributed by atoms with Gasteiger partial charge in [0.1, 0.15) is 5.82 Å². The van der Waals surface area contributed by atoms with Gasteiger partial charge in [0.05, 0.1) is 16.8 Å². The number of pyridine rings is 1. The molecule has 2 N–H and O–H groups in total. The number of carbonyl (C=O) groups excluding carboxylic acids is 1. The fraction of sp³-hybridized carbons (Fsp3) is 0.111. The van der Waals surface area contributed by atoms with E-state index in [1.165, 1.54) is 22.5 Å². The second kappa shape index (κ2) is 6.62. The molecule has 0 unspecified atom stereocenters. The Hall–Kier alpha value is -2.66. The standard InChI is InChI=1S/C18H17N3OS/c1-12-5-3-6-13(2)17(12)21-16-9-8-14(11-19-16)20-18(22)15-7-4-10-23-15/h3-11H,1-2H3,(H,19,21)(H,20,22). The first-order valence-corrected chi connectivity index (χ1v) is 8.15. The molecule has 23 heavy (non-hydrogen) atoms. The Labute approximate surface area is 139 Å². The van der Waals surface area contributed by atoms with Gasteiger partial charge in [-0.25, -0.2) is 4.98 Å². The number of nitrogens with zero attached hydrogens (tertiary/aromatic N) is 1. The summed E-state index contributed by atoms with van der Waals surface area (Å²) >= 11 is 1.41. The zero-order valence-corrected chi connectivity index (χ0v) is 13.8. The van der Waals surface area contributed by atoms with Crippen molar-refractivity contribution in [3.8, 4) is 0 Å². The molecule has 5 heteroatoms. The molecule has 116 valence electrons. The summed E-state index contributed by atoms with van der Waals surface area (Å²) in [5, 5.41) is 8.05. The highest BCUT2D eigenvalue weighted by molar-refractivity contribution is 7.12. The van der Waals surface area contributed by atoms with Gasteiger partial charge in [-0.15, -0.1) is 11.3 Å². The second-order valence-corrected chi connectivity index (χ2v) is 6.20. The maximum absolute atomic E-state index is 12.0. The van der Waals surface area contributed by atoms with Crippen LogP contribution in [0.15, 0.2) is 54.0 Å². The lowest BCUT2D eigenvalue weighted by Gasteiger charge is -2.12. The molecule has 2 aromatic heterocycles. The molecule has 0 saturated carbocycles. The van der Waals surface area contributed by atoms with Crippen LogP contribution >= 0.6 is 11.3 Å². The molecule has 0 bridgehead atoms. The number of hydrogen-bond acceptors (Lipinski definition) is 4. The number of anilines is 3. The highest BCUT2D eigenvalue weighted by Gasteiger charge is 2.07. The van der Waals surface area contributed by atoms with Gasteiger partial charge >= 0.3 is 0 Å². The van der Waals surface area contributed by atoms with Crippen molar-refractivity contribution in [2.24, 2.45) is 0 Å². The zero-order valence-electron chi connectivity index (χ0n) is 13.0. The van der Waals surface area contributed by atoms with Crippen LogP contribution in [0, 0.1) is 13.8 Å². The Morgan fingerprint density at radius 3 is 2.43 bits per heavy atom. The quantitative estimate of drug-likeness (QED) is 0.728. The normalized spacial score (nSPS) is 10.3. The molecule has 0 aliphatic rings. The first-order chi connectivity index (χ1) is 11.1. The summed E-state index contributed by atoms with van der Waals surface area (Å²) in [6.07, 6.45) is 1.65. The van der Waals surface area contributed by atoms with E-state index in [2.05, 4.69) is 41.6 Å². The molecule has 0 fully saturated rings. The van der Waals surface area contributed by atoms with Crippen molar-refractivity contribution in [3.63, 3.8) is 0 Å². The molecule has 0 spiro atoms. The number of benzene rings is 1. The van der Waals surface area contributed by atoms with Crippen LogP contribution in [-0.4, -0.2) is 10.9 Å². The predicted octanol–water partition coefficient (Wildman–Crippen LogP) is 4.76. The van der Waals surface area contributed by atoms with Crippen molar-refractivity contribution in [2.45, 2.75) is 13.8 Å². The lowest BCUT2D eigenvalue weighted by molar-refractivity contribution is 0.103. The van der Waals surface area contributed by atoms with Crippen molar-refractivity contribution in [1.29, 1.82) is 0 Å². The third-order valence-electron chi connectivity index (χ3n) is 3.50. The molecular weight excluding hydrogens is 306 g/mol. The summed E-state index contributed by atoms with van der Waals surface area (Å²) in [6, 6.07) is 13.5. The van der Waals surface area contributed by atoms with Crippen molar-refractivity contribution in [1.82, 2.24) is 4.98 Å². The molecule has 3 aromatic rings. The summed E-state index contributed by atoms with van der Waals surface area (Å²) in [4.78, 5) is 17.0. The van der Waals surface area contributed by atoms with Crippen molar-refractivity contribution >= 4 is 34.4 Å². The monoisotopic (exact) mass is 323 g/mol. The number of nitrogens with one attached hydrogen (secondary N) is 2. The number of aromatic nitrogens is 1. The number of carbonyl (C=O) groups is 1. The topological polar surface area (TPSA) is 54.0 Å². The van der Waals surface area contributed by atoms with Gasteiger partial charge in [0.15, 0.2) is 0 Å². The van der Waals surface area contributed by atoms with Gasteiger partial charge in [-0.2, -0.15) is 0 Å². The first-order valence-electron chi connectivity index (χ1n) is 7.27. The zero-order chi connectivity index (χ0) is 16.2. The fourth-order valence-corrected chi connectivity index (χ4v) is 2.90. The van der Waals surface area contributed by atoms with Gasteiger partial charge in [-0.1, -0.05) is 24.3 Å². The molecule has 1 amide bonds. The van der Waals surface area contributed by atoms with Gasteiger partial charge in [-0.3, -0.25) is 4.79 Å². The average Bonchev–Trinajstić information content (AvgIpc) is 3.07. The molecule has 2 heterocycles. The van der Waals surface area contributed by atoms with Crippen molar-refractivity contribution in [2.75, 3.05) is 10.6 Å². The van der Waals surface area contributed by atoms with Crippen LogP contribution in [0.5, 0.6) is 0 Å². The lowest BCUT2D eigenvalue weighted by atomic mass is 10.1. The number of amides is 1. The van der Waals surface area contributed by atoms with Crippen molar-refractivity contribution in [3.05, 3.63) is 70.0 Å². The molecule has 0 radical (unpaired) electrons. The molecule has 1 aromatic carbocycles. The maximum atomic E-state index is 12.0. The van der Waals surface area contributed by atoms with E-state index in [9.17, 15) is 4.79 Å². The Bertz CT molecular complexity index is 791. The van der Waals surface area contributed by atoms with Crippen LogP contribution < -0.4 is 10.6 Å². The van der Waals surface area contributed by atoms with E-state index in [-0.39, 0.29) is 5.91 Å². The van der Waals surface area contributed by atoms with E-state index >= 15 is 0 Å². The minimum atomic E-state index is -0.114. The molecule has 4 nitrogen and oxygen atoms in total. The third-order valence-corrected chi connectivity index (χ3v) is 4.37. The van der Waals surface area contributed by atoms with E-state index < -0.39 is 0 Å². The van der Waals surface area contributed by atoms with Crippen LogP contribution in [0.2, 0.25) is 0 Å². The minimum absolute atomic E-state index is 0.114. The van der Waals surface area contributed by atoms with Crippen LogP contribution in [0.4, 0.5) is 17.2 Å². The Morgan fingerprint density at radius 1 is 1.04 bits per heavy atom. The van der Waals surface area contributed by atoms with Crippen LogP contribution in [0.3, 0.4) is 0 Å². The summed E-state index contributed by atoms with van der Waals surface area (Å²) < 4.78 is 0. The van der Waals surface area contributed by atoms with Gasteiger partial charge in [0.25, 0.3) is 5.91 Å². The Morgan fingerprint density at radius 2 is 1.83 bits per heavy atom. The molecule has 3 rings (SSSR count). The van der Waals surface area contributed by atoms with E-state index in [4.69, 9.17) is 0 Å². The smallest absolute Gasteiger partial charge is 0.265 e. The number of aryl methyl sites for hydroxylation is 2. The predicted molar refractivity (Wildman–Crippen MR) is 95.7 cm³/mol. The highest BCUT2D eigenvalue weighted by Crippen LogP contribution is 2.23. The van der Waals surface area contributed by atoms with E-state index in [0.29, 0.717) is 10.6 Å². The molecule has 0 aliphatic carbocycles. The number of para-hydroxylation sites is 1. The Kier molecular flexibility index (Phi) is 4.39. The van der Waals surface area contributed by atoms with Gasteiger partial charge < -0.3 is 10.6 Å². The summed E-state index contributed by atoms with van der Waals surface area (Å²) in [5.74, 6) is 0.633. The van der Waals surface area contributed by atoms with Crippen LogP contribution in [-0.2, 0) is 0 Å². The van der Waals surface area contributed by atoms with E-state index in [0.717, 1.165) is 11.5 Å². The average molecular weight is 323 g/mol. The number of hydrogen-bond donors (Lipinski definition) is 2. The highest BCUT2D eigenvalue weighted by atomic mass is 32.1. The van der Waals surface area contributed by atoms with E-state index in [1.807, 2.05) is 29.6 Å². The van der Waals surface area contributed by atoms with Gasteiger partial charge in [0.2, 0.25) is 0 Å². The van der Waals surface area contributed by atoms with Gasteiger partial charge in [0, 0.05) is 5.69 Å². The fourth-order valence-electron chi connectivity index (χ4n) is 2.28. The van der Waals surface area contributed by atoms with E-state index in [1.54, 1.807) is 12.3 Å². The number of thiophene rings is 1. The Balaban J connectivity index is 1.71. The molecule has 0 aliphatic heterocycles. The van der Waals surface area contributed by atoms with Crippen molar-refractivity contribution < 1.29 is 4.79 Å². The lowest BCUT2D eigenvalue weighted by Crippen LogP contribution is -2.10. The second-order valence-electron chi connectivity index (χ2n) is 5.26. The largest absolute Gasteiger partial charge is 0.340 e. The summed E-state index contributed by atoms with van der Waals surface area (Å²) in [7, 11) is 0. The van der Waals surface area contributed by atoms with Crippen LogP contribution in [0.25, 0.3) is 0 Å². The van der Waals surface area contributed by atoms with Crippen LogP contribution in [0.1, 0.15) is 20.8 Å². The SMILES string of the molecule is Cc1cccc(C)c1Nc1ccc(NC(=O)c2cccs2)cn1. The molecule has 0 saturated heterocycles. The van der Waals surface area contributed by atoms with Gasteiger partial charge in [-0.05, 0) is 48.6 Å². The number of rotatable bonds is 4.